The highest BCUT2D eigenvalue weighted by molar-refractivity contribution is 7.15. The molecule has 2 N–H and O–H groups in total. The molecule has 2 nitrogen and oxygen atoms in total. The normalized spacial score (nSPS) is 10.9. The molecule has 0 spiro atoms. The summed E-state index contributed by atoms with van der Waals surface area (Å²) in [6.45, 7) is 2.25. The van der Waals surface area contributed by atoms with Crippen LogP contribution >= 0.6 is 11.3 Å². The van der Waals surface area contributed by atoms with Gasteiger partial charge in [-0.25, -0.2) is 18.2 Å². The molecule has 0 saturated heterocycles. The van der Waals surface area contributed by atoms with E-state index in [0.717, 1.165) is 22.7 Å². The Morgan fingerprint density at radius 1 is 1.22 bits per heavy atom. The van der Waals surface area contributed by atoms with Gasteiger partial charge in [-0.15, -0.1) is 11.3 Å². The Balaban J connectivity index is 2.52. The van der Waals surface area contributed by atoms with Crippen molar-refractivity contribution in [1.82, 2.24) is 4.98 Å². The monoisotopic (exact) mass is 272 g/mol. The minimum atomic E-state index is -1.47. The van der Waals surface area contributed by atoms with E-state index in [1.165, 1.54) is 11.3 Å². The largest absolute Gasteiger partial charge is 0.326 e. The van der Waals surface area contributed by atoms with E-state index in [4.69, 9.17) is 5.73 Å². The lowest BCUT2D eigenvalue weighted by Gasteiger charge is -1.99. The number of nitrogens with two attached hydrogens (primary N) is 1. The molecule has 2 aromatic rings. The second kappa shape index (κ2) is 5.07. The van der Waals surface area contributed by atoms with E-state index >= 15 is 0 Å². The lowest BCUT2D eigenvalue weighted by atomic mass is 10.2. The summed E-state index contributed by atoms with van der Waals surface area (Å²) in [5, 5.41) is 0.449. The van der Waals surface area contributed by atoms with Crippen molar-refractivity contribution in [1.29, 1.82) is 0 Å². The Labute approximate surface area is 106 Å². The molecular weight excluding hydrogens is 261 g/mol. The molecule has 0 unspecified atom stereocenters. The fraction of sp³-hybridized carbons (Fsp3) is 0.250. The zero-order valence-corrected chi connectivity index (χ0v) is 10.5. The number of aryl methyl sites for hydroxylation is 1. The van der Waals surface area contributed by atoms with Crippen LogP contribution in [-0.4, -0.2) is 4.98 Å². The van der Waals surface area contributed by atoms with Crippen LogP contribution in [0.15, 0.2) is 12.1 Å². The molecule has 0 atom stereocenters. The maximum Gasteiger partial charge on any atom is 0.194 e. The predicted molar refractivity (Wildman–Crippen MR) is 64.7 cm³/mol. The van der Waals surface area contributed by atoms with Gasteiger partial charge in [0.1, 0.15) is 5.01 Å². The van der Waals surface area contributed by atoms with Gasteiger partial charge in [-0.2, -0.15) is 0 Å². The predicted octanol–water partition coefficient (Wildman–Crippen LogP) is 3.25. The third kappa shape index (κ3) is 2.26. The molecule has 1 heterocycles. The van der Waals surface area contributed by atoms with Crippen molar-refractivity contribution in [2.45, 2.75) is 19.9 Å². The third-order valence-electron chi connectivity index (χ3n) is 2.53. The molecular formula is C12H11F3N2S. The van der Waals surface area contributed by atoms with Crippen LogP contribution in [-0.2, 0) is 13.0 Å². The molecule has 2 rings (SSSR count). The van der Waals surface area contributed by atoms with Crippen LogP contribution in [0.4, 0.5) is 13.2 Å². The first-order valence-electron chi connectivity index (χ1n) is 5.40. The Kier molecular flexibility index (Phi) is 3.68. The van der Waals surface area contributed by atoms with Crippen LogP contribution in [0.1, 0.15) is 17.5 Å². The summed E-state index contributed by atoms with van der Waals surface area (Å²) in [5.41, 5.74) is 6.60. The summed E-state index contributed by atoms with van der Waals surface area (Å²) in [6, 6.07) is 1.88. The average molecular weight is 272 g/mol. The number of aromatic nitrogens is 1. The topological polar surface area (TPSA) is 38.9 Å². The van der Waals surface area contributed by atoms with Crippen molar-refractivity contribution in [2.24, 2.45) is 5.73 Å². The van der Waals surface area contributed by atoms with Crippen LogP contribution in [0.5, 0.6) is 0 Å². The molecule has 1 aromatic heterocycles. The van der Waals surface area contributed by atoms with Crippen LogP contribution in [0.2, 0.25) is 0 Å². The van der Waals surface area contributed by atoms with Crippen molar-refractivity contribution in [3.05, 3.63) is 40.2 Å². The molecule has 0 aliphatic heterocycles. The molecule has 0 amide bonds. The quantitative estimate of drug-likeness (QED) is 0.871. The van der Waals surface area contributed by atoms with Gasteiger partial charge in [-0.05, 0) is 18.6 Å². The molecule has 0 aliphatic carbocycles. The minimum Gasteiger partial charge on any atom is -0.326 e. The van der Waals surface area contributed by atoms with E-state index in [-0.39, 0.29) is 5.56 Å². The fourth-order valence-electron chi connectivity index (χ4n) is 1.62. The van der Waals surface area contributed by atoms with E-state index < -0.39 is 17.5 Å². The van der Waals surface area contributed by atoms with Crippen LogP contribution in [0.25, 0.3) is 10.6 Å². The van der Waals surface area contributed by atoms with Crippen molar-refractivity contribution in [2.75, 3.05) is 0 Å². The molecule has 1 aromatic carbocycles. The van der Waals surface area contributed by atoms with Crippen molar-refractivity contribution in [3.8, 4) is 10.6 Å². The Bertz CT molecular complexity index is 536. The summed E-state index contributed by atoms with van der Waals surface area (Å²) in [6.07, 6.45) is 0.690. The first kappa shape index (κ1) is 13.0. The number of benzene rings is 1. The summed E-state index contributed by atoms with van der Waals surface area (Å²) in [4.78, 5) is 5.14. The average Bonchev–Trinajstić information content (AvgIpc) is 2.78. The Morgan fingerprint density at radius 3 is 2.28 bits per heavy atom. The highest BCUT2D eigenvalue weighted by Gasteiger charge is 2.15. The number of halogens is 3. The van der Waals surface area contributed by atoms with Gasteiger partial charge in [0.2, 0.25) is 0 Å². The Hall–Kier alpha value is -1.40. The standard InChI is InChI=1S/C12H11F3N2S/c1-2-9-10(5-16)18-12(17-9)6-3-7(13)11(15)8(14)4-6/h3-4H,2,5,16H2,1H3. The summed E-state index contributed by atoms with van der Waals surface area (Å²) in [5.74, 6) is -3.90. The van der Waals surface area contributed by atoms with Gasteiger partial charge in [0.15, 0.2) is 17.5 Å². The molecule has 0 radical (unpaired) electrons. The summed E-state index contributed by atoms with van der Waals surface area (Å²) in [7, 11) is 0. The lowest BCUT2D eigenvalue weighted by Crippen LogP contribution is -1.96. The van der Waals surface area contributed by atoms with Gasteiger partial charge in [-0.3, -0.25) is 0 Å². The number of nitrogens with zero attached hydrogens (tertiary/aromatic N) is 1. The molecule has 0 aliphatic rings. The van der Waals surface area contributed by atoms with E-state index in [0.29, 0.717) is 18.0 Å². The number of thiazole rings is 1. The van der Waals surface area contributed by atoms with Gasteiger partial charge < -0.3 is 5.73 Å². The highest BCUT2D eigenvalue weighted by atomic mass is 32.1. The SMILES string of the molecule is CCc1nc(-c2cc(F)c(F)c(F)c2)sc1CN. The highest BCUT2D eigenvalue weighted by Crippen LogP contribution is 2.30. The van der Waals surface area contributed by atoms with Crippen LogP contribution in [0, 0.1) is 17.5 Å². The zero-order chi connectivity index (χ0) is 13.3. The maximum atomic E-state index is 13.1. The van der Waals surface area contributed by atoms with E-state index in [1.54, 1.807) is 0 Å². The summed E-state index contributed by atoms with van der Waals surface area (Å²) >= 11 is 1.27. The van der Waals surface area contributed by atoms with E-state index in [9.17, 15) is 13.2 Å². The number of hydrogen-bond acceptors (Lipinski definition) is 3. The molecule has 0 bridgehead atoms. The number of rotatable bonds is 3. The first-order chi connectivity index (χ1) is 8.56. The molecule has 6 heteroatoms. The van der Waals surface area contributed by atoms with Crippen molar-refractivity contribution < 1.29 is 13.2 Å². The third-order valence-corrected chi connectivity index (χ3v) is 3.70. The van der Waals surface area contributed by atoms with E-state index in [1.807, 2.05) is 6.92 Å². The van der Waals surface area contributed by atoms with Gasteiger partial charge in [0.25, 0.3) is 0 Å². The van der Waals surface area contributed by atoms with Gasteiger partial charge in [0, 0.05) is 17.0 Å². The fourth-order valence-corrected chi connectivity index (χ4v) is 2.64. The van der Waals surface area contributed by atoms with Crippen molar-refractivity contribution >= 4 is 11.3 Å². The van der Waals surface area contributed by atoms with Crippen molar-refractivity contribution in [3.63, 3.8) is 0 Å². The van der Waals surface area contributed by atoms with Crippen LogP contribution < -0.4 is 5.73 Å². The maximum absolute atomic E-state index is 13.1. The van der Waals surface area contributed by atoms with Gasteiger partial charge in [-0.1, -0.05) is 6.92 Å². The second-order valence-electron chi connectivity index (χ2n) is 3.70. The minimum absolute atomic E-state index is 0.228. The second-order valence-corrected chi connectivity index (χ2v) is 4.78. The molecule has 0 saturated carbocycles. The number of hydrogen-bond donors (Lipinski definition) is 1. The smallest absolute Gasteiger partial charge is 0.194 e. The molecule has 18 heavy (non-hydrogen) atoms. The summed E-state index contributed by atoms with van der Waals surface area (Å²) < 4.78 is 39.1. The first-order valence-corrected chi connectivity index (χ1v) is 6.22. The Morgan fingerprint density at radius 2 is 1.83 bits per heavy atom. The zero-order valence-electron chi connectivity index (χ0n) is 9.64. The molecule has 0 fully saturated rings. The van der Waals surface area contributed by atoms with Crippen LogP contribution in [0.3, 0.4) is 0 Å². The van der Waals surface area contributed by atoms with E-state index in [2.05, 4.69) is 4.98 Å². The lowest BCUT2D eigenvalue weighted by molar-refractivity contribution is 0.447. The van der Waals surface area contributed by atoms with Gasteiger partial charge >= 0.3 is 0 Å². The van der Waals surface area contributed by atoms with Gasteiger partial charge in [0.05, 0.1) is 5.69 Å². The molecule has 96 valence electrons.